The number of benzene rings is 2. The lowest BCUT2D eigenvalue weighted by Crippen LogP contribution is -2.06. The summed E-state index contributed by atoms with van der Waals surface area (Å²) in [5, 5.41) is 4.70. The van der Waals surface area contributed by atoms with Crippen LogP contribution < -0.4 is 14.8 Å². The number of ether oxygens (including phenoxy) is 2. The highest BCUT2D eigenvalue weighted by Gasteiger charge is 2.13. The number of hydrogen-bond acceptors (Lipinski definition) is 3. The Morgan fingerprint density at radius 3 is 2.39 bits per heavy atom. The van der Waals surface area contributed by atoms with Gasteiger partial charge in [-0.15, -0.1) is 12.4 Å². The van der Waals surface area contributed by atoms with Gasteiger partial charge in [-0.25, -0.2) is 0 Å². The van der Waals surface area contributed by atoms with E-state index in [1.807, 2.05) is 25.2 Å². The highest BCUT2D eigenvalue weighted by molar-refractivity contribution is 6.35. The van der Waals surface area contributed by atoms with Crippen LogP contribution in [0.3, 0.4) is 0 Å². The number of hydrogen-bond donors (Lipinski definition) is 1. The average Bonchev–Trinajstić information content (AvgIpc) is 2.47. The van der Waals surface area contributed by atoms with E-state index >= 15 is 0 Å². The van der Waals surface area contributed by atoms with Crippen LogP contribution in [0.25, 0.3) is 0 Å². The van der Waals surface area contributed by atoms with Crippen molar-refractivity contribution >= 4 is 47.2 Å². The van der Waals surface area contributed by atoms with Crippen molar-refractivity contribution in [2.24, 2.45) is 0 Å². The molecule has 23 heavy (non-hydrogen) atoms. The van der Waals surface area contributed by atoms with Gasteiger partial charge in [-0.2, -0.15) is 0 Å². The third kappa shape index (κ3) is 5.33. The molecule has 0 amide bonds. The molecule has 0 fully saturated rings. The molecule has 3 nitrogen and oxygen atoms in total. The fraction of sp³-hybridized carbons (Fsp3) is 0.250. The Kier molecular flexibility index (Phi) is 8.31. The van der Waals surface area contributed by atoms with Crippen molar-refractivity contribution in [3.05, 3.63) is 56.5 Å². The van der Waals surface area contributed by atoms with E-state index in [1.54, 1.807) is 19.2 Å². The molecule has 7 heteroatoms. The van der Waals surface area contributed by atoms with E-state index in [-0.39, 0.29) is 19.0 Å². The number of rotatable bonds is 6. The van der Waals surface area contributed by atoms with Gasteiger partial charge in [0.1, 0.15) is 6.61 Å². The van der Waals surface area contributed by atoms with Crippen LogP contribution in [-0.2, 0) is 13.2 Å². The maximum Gasteiger partial charge on any atom is 0.180 e. The van der Waals surface area contributed by atoms with Crippen LogP contribution in [0, 0.1) is 0 Å². The lowest BCUT2D eigenvalue weighted by atomic mass is 10.2. The summed E-state index contributed by atoms with van der Waals surface area (Å²) in [6, 6.07) is 9.00. The van der Waals surface area contributed by atoms with Crippen molar-refractivity contribution < 1.29 is 9.47 Å². The lowest BCUT2D eigenvalue weighted by molar-refractivity contribution is 0.284. The summed E-state index contributed by atoms with van der Waals surface area (Å²) in [7, 11) is 3.45. The number of methoxy groups -OCH3 is 1. The maximum atomic E-state index is 6.29. The van der Waals surface area contributed by atoms with Gasteiger partial charge in [0.15, 0.2) is 11.5 Å². The van der Waals surface area contributed by atoms with Crippen LogP contribution in [0.4, 0.5) is 0 Å². The van der Waals surface area contributed by atoms with E-state index in [2.05, 4.69) is 5.32 Å². The summed E-state index contributed by atoms with van der Waals surface area (Å²) < 4.78 is 11.2. The molecule has 2 aromatic rings. The number of nitrogens with one attached hydrogen (secondary N) is 1. The van der Waals surface area contributed by atoms with E-state index in [9.17, 15) is 0 Å². The molecular weight excluding hydrogens is 380 g/mol. The second kappa shape index (κ2) is 9.45. The van der Waals surface area contributed by atoms with E-state index in [1.165, 1.54) is 0 Å². The van der Waals surface area contributed by atoms with Gasteiger partial charge in [0.25, 0.3) is 0 Å². The Morgan fingerprint density at radius 2 is 1.78 bits per heavy atom. The maximum absolute atomic E-state index is 6.29. The van der Waals surface area contributed by atoms with Crippen molar-refractivity contribution in [3.8, 4) is 11.5 Å². The third-order valence-corrected chi connectivity index (χ3v) is 3.92. The van der Waals surface area contributed by atoms with Gasteiger partial charge in [-0.1, -0.05) is 40.9 Å². The van der Waals surface area contributed by atoms with Crippen molar-refractivity contribution in [2.45, 2.75) is 13.2 Å². The molecule has 2 rings (SSSR count). The second-order valence-electron chi connectivity index (χ2n) is 4.66. The molecule has 0 aliphatic carbocycles. The molecule has 0 aromatic heterocycles. The molecule has 0 heterocycles. The Hall–Kier alpha value is -0.840. The minimum absolute atomic E-state index is 0. The highest BCUT2D eigenvalue weighted by atomic mass is 35.5. The summed E-state index contributed by atoms with van der Waals surface area (Å²) in [4.78, 5) is 0. The average molecular weight is 397 g/mol. The smallest absolute Gasteiger partial charge is 0.180 e. The Balaban J connectivity index is 0.00000264. The van der Waals surface area contributed by atoms with Crippen molar-refractivity contribution in [1.82, 2.24) is 5.32 Å². The normalized spacial score (nSPS) is 10.1. The fourth-order valence-electron chi connectivity index (χ4n) is 2.01. The van der Waals surface area contributed by atoms with Gasteiger partial charge in [-0.3, -0.25) is 0 Å². The standard InChI is InChI=1S/C16H16Cl3NO2.ClH/c1-20-8-10-5-14(19)16(15(6-10)21-2)22-9-11-3-4-12(17)7-13(11)18;/h3-7,20H,8-9H2,1-2H3;1H. The van der Waals surface area contributed by atoms with E-state index < -0.39 is 0 Å². The van der Waals surface area contributed by atoms with Crippen LogP contribution in [0.2, 0.25) is 15.1 Å². The molecule has 0 radical (unpaired) electrons. The van der Waals surface area contributed by atoms with Gasteiger partial charge < -0.3 is 14.8 Å². The zero-order valence-corrected chi connectivity index (χ0v) is 15.7. The van der Waals surface area contributed by atoms with Crippen LogP contribution in [0.1, 0.15) is 11.1 Å². The molecule has 0 aliphatic heterocycles. The molecule has 0 bridgehead atoms. The third-order valence-electron chi connectivity index (χ3n) is 3.06. The Morgan fingerprint density at radius 1 is 1.04 bits per heavy atom. The summed E-state index contributed by atoms with van der Waals surface area (Å²) in [6.07, 6.45) is 0. The van der Waals surface area contributed by atoms with Crippen LogP contribution in [0.5, 0.6) is 11.5 Å². The first-order valence-corrected chi connectivity index (χ1v) is 7.76. The molecule has 0 spiro atoms. The minimum atomic E-state index is 0. The summed E-state index contributed by atoms with van der Waals surface area (Å²) >= 11 is 18.3. The van der Waals surface area contributed by atoms with Crippen LogP contribution in [0.15, 0.2) is 30.3 Å². The van der Waals surface area contributed by atoms with Crippen molar-refractivity contribution in [1.29, 1.82) is 0 Å². The molecule has 0 saturated carbocycles. The lowest BCUT2D eigenvalue weighted by Gasteiger charge is -2.15. The zero-order chi connectivity index (χ0) is 16.1. The summed E-state index contributed by atoms with van der Waals surface area (Å²) in [5.74, 6) is 1.08. The van der Waals surface area contributed by atoms with E-state index in [4.69, 9.17) is 44.3 Å². The van der Waals surface area contributed by atoms with Crippen molar-refractivity contribution in [3.63, 3.8) is 0 Å². The van der Waals surface area contributed by atoms with E-state index in [0.717, 1.165) is 11.1 Å². The van der Waals surface area contributed by atoms with Crippen LogP contribution in [-0.4, -0.2) is 14.2 Å². The monoisotopic (exact) mass is 395 g/mol. The first-order chi connectivity index (χ1) is 10.5. The van der Waals surface area contributed by atoms with Crippen LogP contribution >= 0.6 is 47.2 Å². The second-order valence-corrected chi connectivity index (χ2v) is 5.91. The molecule has 0 aliphatic rings. The molecule has 1 N–H and O–H groups in total. The minimum Gasteiger partial charge on any atom is -0.493 e. The molecule has 2 aromatic carbocycles. The molecule has 126 valence electrons. The van der Waals surface area contributed by atoms with Gasteiger partial charge in [0.05, 0.1) is 12.1 Å². The number of halogens is 4. The molecule has 0 atom stereocenters. The van der Waals surface area contributed by atoms with Gasteiger partial charge in [0.2, 0.25) is 0 Å². The zero-order valence-electron chi connectivity index (χ0n) is 12.7. The summed E-state index contributed by atoms with van der Waals surface area (Å²) in [5.41, 5.74) is 1.84. The molecule has 0 saturated heterocycles. The SMILES string of the molecule is CNCc1cc(Cl)c(OCc2ccc(Cl)cc2Cl)c(OC)c1.Cl. The first kappa shape index (κ1) is 20.2. The quantitative estimate of drug-likeness (QED) is 0.711. The largest absolute Gasteiger partial charge is 0.493 e. The predicted molar refractivity (Wildman–Crippen MR) is 98.8 cm³/mol. The topological polar surface area (TPSA) is 30.5 Å². The van der Waals surface area contributed by atoms with Gasteiger partial charge in [0, 0.05) is 22.2 Å². The van der Waals surface area contributed by atoms with Gasteiger partial charge >= 0.3 is 0 Å². The predicted octanol–water partition coefficient (Wildman–Crippen LogP) is 5.38. The van der Waals surface area contributed by atoms with E-state index in [0.29, 0.717) is 33.1 Å². The Bertz CT molecular complexity index is 665. The molecule has 0 unspecified atom stereocenters. The summed E-state index contributed by atoms with van der Waals surface area (Å²) in [6.45, 7) is 0.969. The fourth-order valence-corrected chi connectivity index (χ4v) is 2.76. The first-order valence-electron chi connectivity index (χ1n) is 6.63. The van der Waals surface area contributed by atoms with Crippen molar-refractivity contribution in [2.75, 3.05) is 14.2 Å². The molecular formula is C16H17Cl4NO2. The van der Waals surface area contributed by atoms with Gasteiger partial charge in [-0.05, 0) is 36.9 Å². The highest BCUT2D eigenvalue weighted by Crippen LogP contribution is 2.37. The Labute approximate surface area is 157 Å².